The number of hydrogen-bond acceptors (Lipinski definition) is 4. The predicted octanol–water partition coefficient (Wildman–Crippen LogP) is 3.45. The number of carbonyl (C=O) groups is 2. The molecule has 0 aromatic heterocycles. The van der Waals surface area contributed by atoms with Gasteiger partial charge in [0.25, 0.3) is 5.91 Å². The van der Waals surface area contributed by atoms with Gasteiger partial charge in [-0.3, -0.25) is 9.59 Å². The molecule has 0 fully saturated rings. The van der Waals surface area contributed by atoms with Crippen LogP contribution >= 0.6 is 15.9 Å². The van der Waals surface area contributed by atoms with Gasteiger partial charge in [0, 0.05) is 4.47 Å². The second-order valence-electron chi connectivity index (χ2n) is 5.56. The molecule has 0 radical (unpaired) electrons. The van der Waals surface area contributed by atoms with Crippen molar-refractivity contribution in [2.45, 2.75) is 13.8 Å². The SMILES string of the molecule is Cc1ccc(OCCNC(=O)COc2ccc(Br)cc2C=O)c(C)c1. The maximum Gasteiger partial charge on any atom is 0.258 e. The first kappa shape index (κ1) is 19.0. The van der Waals surface area contributed by atoms with Crippen LogP contribution in [-0.4, -0.2) is 32.0 Å². The van der Waals surface area contributed by atoms with Crippen LogP contribution in [0, 0.1) is 13.8 Å². The van der Waals surface area contributed by atoms with E-state index in [1.54, 1.807) is 18.2 Å². The van der Waals surface area contributed by atoms with Gasteiger partial charge in [0.05, 0.1) is 12.1 Å². The summed E-state index contributed by atoms with van der Waals surface area (Å²) in [6.45, 7) is 4.59. The number of benzene rings is 2. The van der Waals surface area contributed by atoms with Crippen LogP contribution in [0.1, 0.15) is 21.5 Å². The van der Waals surface area contributed by atoms with Gasteiger partial charge in [0.15, 0.2) is 12.9 Å². The molecule has 132 valence electrons. The number of halogens is 1. The molecule has 2 aromatic carbocycles. The van der Waals surface area contributed by atoms with Crippen molar-refractivity contribution in [2.24, 2.45) is 0 Å². The normalized spacial score (nSPS) is 10.2. The second-order valence-corrected chi connectivity index (χ2v) is 6.47. The van der Waals surface area contributed by atoms with Crippen molar-refractivity contribution in [3.8, 4) is 11.5 Å². The van der Waals surface area contributed by atoms with Gasteiger partial charge in [-0.1, -0.05) is 33.6 Å². The quantitative estimate of drug-likeness (QED) is 0.539. The Hall–Kier alpha value is -2.34. The van der Waals surface area contributed by atoms with E-state index in [9.17, 15) is 9.59 Å². The fourth-order valence-electron chi connectivity index (χ4n) is 2.25. The first-order valence-corrected chi connectivity index (χ1v) is 8.63. The summed E-state index contributed by atoms with van der Waals surface area (Å²) in [6.07, 6.45) is 0.690. The Balaban J connectivity index is 1.73. The number of aldehydes is 1. The molecule has 0 saturated carbocycles. The standard InChI is InChI=1S/C19H20BrNO4/c1-13-3-5-17(14(2)9-13)24-8-7-21-19(23)12-25-18-6-4-16(20)10-15(18)11-22/h3-6,9-11H,7-8,12H2,1-2H3,(H,21,23). The summed E-state index contributed by atoms with van der Waals surface area (Å²) in [7, 11) is 0. The van der Waals surface area contributed by atoms with Crippen molar-refractivity contribution >= 4 is 28.1 Å². The van der Waals surface area contributed by atoms with E-state index in [1.807, 2.05) is 32.0 Å². The molecule has 0 atom stereocenters. The average molecular weight is 406 g/mol. The monoisotopic (exact) mass is 405 g/mol. The van der Waals surface area contributed by atoms with Crippen LogP contribution in [0.15, 0.2) is 40.9 Å². The first-order valence-electron chi connectivity index (χ1n) is 7.84. The van der Waals surface area contributed by atoms with Crippen LogP contribution in [0.3, 0.4) is 0 Å². The van der Waals surface area contributed by atoms with Gasteiger partial charge in [-0.05, 0) is 43.7 Å². The third kappa shape index (κ3) is 5.90. The van der Waals surface area contributed by atoms with Crippen LogP contribution in [0.2, 0.25) is 0 Å². The van der Waals surface area contributed by atoms with Crippen LogP contribution < -0.4 is 14.8 Å². The van der Waals surface area contributed by atoms with Gasteiger partial charge in [-0.2, -0.15) is 0 Å². The third-order valence-corrected chi connectivity index (χ3v) is 3.96. The zero-order valence-corrected chi connectivity index (χ0v) is 15.8. The van der Waals surface area contributed by atoms with Crippen LogP contribution in [0.5, 0.6) is 11.5 Å². The Bertz CT molecular complexity index is 761. The highest BCUT2D eigenvalue weighted by Gasteiger charge is 2.07. The minimum Gasteiger partial charge on any atom is -0.491 e. The van der Waals surface area contributed by atoms with Crippen LogP contribution in [0.25, 0.3) is 0 Å². The predicted molar refractivity (Wildman–Crippen MR) is 99.4 cm³/mol. The van der Waals surface area contributed by atoms with E-state index in [0.717, 1.165) is 15.8 Å². The summed E-state index contributed by atoms with van der Waals surface area (Å²) in [5.74, 6) is 0.908. The lowest BCUT2D eigenvalue weighted by molar-refractivity contribution is -0.123. The molecule has 6 heteroatoms. The molecule has 0 aliphatic rings. The highest BCUT2D eigenvalue weighted by Crippen LogP contribution is 2.21. The number of nitrogens with one attached hydrogen (secondary N) is 1. The average Bonchev–Trinajstić information content (AvgIpc) is 2.59. The maximum atomic E-state index is 11.8. The van der Waals surface area contributed by atoms with Gasteiger partial charge >= 0.3 is 0 Å². The Kier molecular flexibility index (Phi) is 7.01. The second kappa shape index (κ2) is 9.22. The molecule has 2 rings (SSSR count). The van der Waals surface area contributed by atoms with Gasteiger partial charge in [-0.25, -0.2) is 0 Å². The van der Waals surface area contributed by atoms with Gasteiger partial charge in [0.2, 0.25) is 0 Å². The van der Waals surface area contributed by atoms with Crippen molar-refractivity contribution in [2.75, 3.05) is 19.8 Å². The molecular weight excluding hydrogens is 386 g/mol. The molecule has 1 N–H and O–H groups in total. The molecular formula is C19H20BrNO4. The molecule has 0 unspecified atom stereocenters. The number of hydrogen-bond donors (Lipinski definition) is 1. The summed E-state index contributed by atoms with van der Waals surface area (Å²) in [6, 6.07) is 11.0. The lowest BCUT2D eigenvalue weighted by atomic mass is 10.1. The Morgan fingerprint density at radius 1 is 1.12 bits per heavy atom. The minimum absolute atomic E-state index is 0.161. The van der Waals surface area contributed by atoms with Crippen molar-refractivity contribution in [1.29, 1.82) is 0 Å². The summed E-state index contributed by atoms with van der Waals surface area (Å²) < 4.78 is 11.8. The smallest absolute Gasteiger partial charge is 0.258 e. The first-order chi connectivity index (χ1) is 12.0. The molecule has 0 bridgehead atoms. The largest absolute Gasteiger partial charge is 0.491 e. The zero-order valence-electron chi connectivity index (χ0n) is 14.2. The lowest BCUT2D eigenvalue weighted by Gasteiger charge is -2.11. The van der Waals surface area contributed by atoms with E-state index in [1.165, 1.54) is 5.56 Å². The van der Waals surface area contributed by atoms with E-state index in [-0.39, 0.29) is 12.5 Å². The van der Waals surface area contributed by atoms with Crippen LogP contribution in [-0.2, 0) is 4.79 Å². The van der Waals surface area contributed by atoms with E-state index >= 15 is 0 Å². The van der Waals surface area contributed by atoms with E-state index in [0.29, 0.717) is 30.8 Å². The van der Waals surface area contributed by atoms with E-state index < -0.39 is 0 Å². The van der Waals surface area contributed by atoms with Crippen molar-refractivity contribution in [3.63, 3.8) is 0 Å². The summed E-state index contributed by atoms with van der Waals surface area (Å²) >= 11 is 3.28. The molecule has 2 aromatic rings. The topological polar surface area (TPSA) is 64.6 Å². The highest BCUT2D eigenvalue weighted by molar-refractivity contribution is 9.10. The molecule has 0 aliphatic carbocycles. The molecule has 5 nitrogen and oxygen atoms in total. The molecule has 0 heterocycles. The fraction of sp³-hybridized carbons (Fsp3) is 0.263. The van der Waals surface area contributed by atoms with Gasteiger partial charge in [0.1, 0.15) is 18.1 Å². The van der Waals surface area contributed by atoms with Crippen molar-refractivity contribution in [3.05, 3.63) is 57.6 Å². The number of ether oxygens (including phenoxy) is 2. The van der Waals surface area contributed by atoms with Gasteiger partial charge in [-0.15, -0.1) is 0 Å². The molecule has 1 amide bonds. The zero-order chi connectivity index (χ0) is 18.2. The summed E-state index contributed by atoms with van der Waals surface area (Å²) in [4.78, 5) is 22.8. The lowest BCUT2D eigenvalue weighted by Crippen LogP contribution is -2.32. The molecule has 0 spiro atoms. The Morgan fingerprint density at radius 2 is 1.88 bits per heavy atom. The van der Waals surface area contributed by atoms with E-state index in [2.05, 4.69) is 21.2 Å². The van der Waals surface area contributed by atoms with Crippen LogP contribution in [0.4, 0.5) is 0 Å². The summed E-state index contributed by atoms with van der Waals surface area (Å²) in [5.41, 5.74) is 2.63. The Morgan fingerprint density at radius 3 is 2.60 bits per heavy atom. The number of amides is 1. The maximum absolute atomic E-state index is 11.8. The number of carbonyl (C=O) groups excluding carboxylic acids is 2. The summed E-state index contributed by atoms with van der Waals surface area (Å²) in [5, 5.41) is 2.72. The molecule has 0 saturated heterocycles. The third-order valence-electron chi connectivity index (χ3n) is 3.47. The Labute approximate surface area is 155 Å². The molecule has 0 aliphatic heterocycles. The van der Waals surface area contributed by atoms with E-state index in [4.69, 9.17) is 9.47 Å². The number of aryl methyl sites for hydroxylation is 2. The van der Waals surface area contributed by atoms with Crippen molar-refractivity contribution < 1.29 is 19.1 Å². The van der Waals surface area contributed by atoms with Crippen molar-refractivity contribution in [1.82, 2.24) is 5.32 Å². The molecule has 25 heavy (non-hydrogen) atoms. The van der Waals surface area contributed by atoms with Gasteiger partial charge < -0.3 is 14.8 Å². The number of rotatable bonds is 8. The minimum atomic E-state index is -0.274. The fourth-order valence-corrected chi connectivity index (χ4v) is 2.63. The highest BCUT2D eigenvalue weighted by atomic mass is 79.9.